The van der Waals surface area contributed by atoms with Gasteiger partial charge in [0.25, 0.3) is 5.24 Å². The van der Waals surface area contributed by atoms with Crippen LogP contribution in [0.15, 0.2) is 42.5 Å². The number of aliphatic carboxylic acids is 1. The molecule has 0 spiro atoms. The topological polar surface area (TPSA) is 87.1 Å². The zero-order valence-corrected chi connectivity index (χ0v) is 15.7. The first-order chi connectivity index (χ1) is 13.1. The first kappa shape index (κ1) is 21.0. The van der Waals surface area contributed by atoms with E-state index in [0.29, 0.717) is 6.42 Å². The summed E-state index contributed by atoms with van der Waals surface area (Å²) in [5.41, 5.74) is 1.05. The zero-order chi connectivity index (χ0) is 19.5. The molecule has 2 rings (SSSR count). The fraction of sp³-hybridized carbons (Fsp3) is 0.400. The maximum absolute atomic E-state index is 12.2. The summed E-state index contributed by atoms with van der Waals surface area (Å²) in [4.78, 5) is 24.2. The Morgan fingerprint density at radius 3 is 2.89 bits per heavy atom. The predicted octanol–water partition coefficient (Wildman–Crippen LogP) is 2.18. The second-order valence-corrected chi connectivity index (χ2v) is 7.03. The molecule has 1 aromatic carbocycles. The number of rotatable bonds is 8. The summed E-state index contributed by atoms with van der Waals surface area (Å²) >= 11 is 1.25. The van der Waals surface area contributed by atoms with Crippen LogP contribution < -0.4 is 0 Å². The van der Waals surface area contributed by atoms with Crippen molar-refractivity contribution in [3.63, 3.8) is 0 Å². The molecule has 2 N–H and O–H groups in total. The Bertz CT molecular complexity index is 710. The molecule has 1 aliphatic rings. The minimum atomic E-state index is -1.04. The number of carbonyl (C=O) groups is 2. The van der Waals surface area contributed by atoms with Crippen molar-refractivity contribution < 1.29 is 24.5 Å². The third-order valence-corrected chi connectivity index (χ3v) is 4.81. The molecule has 1 unspecified atom stereocenters. The van der Waals surface area contributed by atoms with E-state index in [0.717, 1.165) is 17.7 Å². The second kappa shape index (κ2) is 11.4. The van der Waals surface area contributed by atoms with Gasteiger partial charge in [-0.3, -0.25) is 4.79 Å². The van der Waals surface area contributed by atoms with Crippen LogP contribution >= 0.6 is 11.8 Å². The molecule has 0 saturated carbocycles. The lowest BCUT2D eigenvalue weighted by molar-refractivity contribution is -0.141. The summed E-state index contributed by atoms with van der Waals surface area (Å²) in [7, 11) is 0. The average molecular weight is 389 g/mol. The summed E-state index contributed by atoms with van der Waals surface area (Å²) in [6.45, 7) is -0.137. The Hall–Kier alpha value is -2.27. The van der Waals surface area contributed by atoms with Gasteiger partial charge in [0.05, 0.1) is 18.7 Å². The van der Waals surface area contributed by atoms with Crippen LogP contribution in [0.3, 0.4) is 0 Å². The molecule has 7 heteroatoms. The molecule has 27 heavy (non-hydrogen) atoms. The van der Waals surface area contributed by atoms with Gasteiger partial charge in [0.1, 0.15) is 13.2 Å². The van der Waals surface area contributed by atoms with Crippen LogP contribution in [0, 0.1) is 11.8 Å². The summed E-state index contributed by atoms with van der Waals surface area (Å²) in [6.07, 6.45) is 4.30. The molecule has 6 nitrogen and oxygen atoms in total. The molecule has 144 valence electrons. The van der Waals surface area contributed by atoms with E-state index in [1.54, 1.807) is 11.0 Å². The molecule has 1 heterocycles. The molecule has 1 aliphatic heterocycles. The normalized spacial score (nSPS) is 18.2. The number of carboxylic acid groups (broad SMARTS) is 1. The summed E-state index contributed by atoms with van der Waals surface area (Å²) in [6, 6.07) is 9.62. The Kier molecular flexibility index (Phi) is 8.92. The van der Waals surface area contributed by atoms with Gasteiger partial charge >= 0.3 is 5.97 Å². The van der Waals surface area contributed by atoms with Crippen molar-refractivity contribution >= 4 is 23.0 Å². The van der Waals surface area contributed by atoms with Crippen LogP contribution in [0.4, 0.5) is 4.79 Å². The van der Waals surface area contributed by atoms with Crippen LogP contribution in [-0.2, 0) is 16.0 Å². The van der Waals surface area contributed by atoms with Crippen LogP contribution in [0.1, 0.15) is 12.0 Å². The maximum Gasteiger partial charge on any atom is 0.329 e. The van der Waals surface area contributed by atoms with Crippen molar-refractivity contribution in [1.29, 1.82) is 0 Å². The minimum absolute atomic E-state index is 0.0117. The van der Waals surface area contributed by atoms with E-state index < -0.39 is 18.7 Å². The molecule has 1 saturated heterocycles. The molecule has 1 fully saturated rings. The Morgan fingerprint density at radius 1 is 1.37 bits per heavy atom. The number of aliphatic hydroxyl groups is 1. The van der Waals surface area contributed by atoms with E-state index in [-0.39, 0.29) is 24.4 Å². The van der Waals surface area contributed by atoms with Crippen LogP contribution in [0.25, 0.3) is 0 Å². The van der Waals surface area contributed by atoms with Crippen molar-refractivity contribution in [3.8, 4) is 11.8 Å². The van der Waals surface area contributed by atoms with Crippen LogP contribution in [-0.4, -0.2) is 64.0 Å². The lowest BCUT2D eigenvalue weighted by atomic mass is 10.1. The van der Waals surface area contributed by atoms with Crippen LogP contribution in [0.5, 0.6) is 0 Å². The van der Waals surface area contributed by atoms with E-state index in [4.69, 9.17) is 9.84 Å². The molecule has 0 radical (unpaired) electrons. The fourth-order valence-electron chi connectivity index (χ4n) is 2.58. The Balaban J connectivity index is 1.87. The number of thioether (sulfide) groups is 1. The number of benzene rings is 1. The number of hydrogen-bond donors (Lipinski definition) is 2. The van der Waals surface area contributed by atoms with E-state index >= 15 is 0 Å². The lowest BCUT2D eigenvalue weighted by Gasteiger charge is -2.31. The molecular formula is C20H23NO5S. The number of carbonyl (C=O) groups excluding carboxylic acids is 1. The highest BCUT2D eigenvalue weighted by molar-refractivity contribution is 8.13. The SMILES string of the molecule is O=C(O)COCC#CCN1C(=O)SCC[C@@H]1C=CC(O)Cc1ccccc1. The summed E-state index contributed by atoms with van der Waals surface area (Å²) < 4.78 is 4.84. The van der Waals surface area contributed by atoms with Gasteiger partial charge in [0, 0.05) is 12.2 Å². The van der Waals surface area contributed by atoms with Crippen LogP contribution in [0.2, 0.25) is 0 Å². The molecule has 0 aromatic heterocycles. The summed E-state index contributed by atoms with van der Waals surface area (Å²) in [5, 5.41) is 18.7. The number of carboxylic acids is 1. The van der Waals surface area contributed by atoms with Crippen molar-refractivity contribution in [3.05, 3.63) is 48.0 Å². The zero-order valence-electron chi connectivity index (χ0n) is 14.9. The van der Waals surface area contributed by atoms with Gasteiger partial charge in [-0.2, -0.15) is 0 Å². The minimum Gasteiger partial charge on any atom is -0.480 e. The van der Waals surface area contributed by atoms with Gasteiger partial charge in [-0.25, -0.2) is 4.79 Å². The highest BCUT2D eigenvalue weighted by Gasteiger charge is 2.26. The average Bonchev–Trinajstić information content (AvgIpc) is 2.65. The van der Waals surface area contributed by atoms with E-state index in [2.05, 4.69) is 11.8 Å². The number of amides is 1. The van der Waals surface area contributed by atoms with E-state index in [9.17, 15) is 14.7 Å². The molecule has 1 aromatic rings. The van der Waals surface area contributed by atoms with Crippen molar-refractivity contribution in [1.82, 2.24) is 4.90 Å². The molecule has 0 aliphatic carbocycles. The molecular weight excluding hydrogens is 366 g/mol. The predicted molar refractivity (Wildman–Crippen MR) is 104 cm³/mol. The standard InChI is InChI=1S/C20H23NO5S/c22-18(14-16-6-2-1-3-7-16)9-8-17-10-13-27-20(25)21(17)11-4-5-12-26-15-19(23)24/h1-3,6-9,17-18,22H,10-15H2,(H,23,24)/t17-,18?/m0/s1. The fourth-order valence-corrected chi connectivity index (χ4v) is 3.48. The third-order valence-electron chi connectivity index (χ3n) is 3.89. The van der Waals surface area contributed by atoms with Gasteiger partial charge in [-0.1, -0.05) is 66.1 Å². The van der Waals surface area contributed by atoms with Crippen molar-refractivity contribution in [2.45, 2.75) is 25.0 Å². The Labute approximate surface area is 163 Å². The first-order valence-electron chi connectivity index (χ1n) is 8.65. The monoisotopic (exact) mass is 389 g/mol. The quantitative estimate of drug-likeness (QED) is 0.403. The highest BCUT2D eigenvalue weighted by atomic mass is 32.2. The van der Waals surface area contributed by atoms with E-state index in [1.165, 1.54) is 11.8 Å². The molecule has 2 atom stereocenters. The smallest absolute Gasteiger partial charge is 0.329 e. The lowest BCUT2D eigenvalue weighted by Crippen LogP contribution is -2.41. The molecule has 0 bridgehead atoms. The number of hydrogen-bond acceptors (Lipinski definition) is 5. The van der Waals surface area contributed by atoms with Gasteiger partial charge < -0.3 is 19.8 Å². The largest absolute Gasteiger partial charge is 0.480 e. The van der Waals surface area contributed by atoms with Gasteiger partial charge in [0.15, 0.2) is 0 Å². The summed E-state index contributed by atoms with van der Waals surface area (Å²) in [5.74, 6) is 5.25. The Morgan fingerprint density at radius 2 is 2.15 bits per heavy atom. The highest BCUT2D eigenvalue weighted by Crippen LogP contribution is 2.23. The second-order valence-electron chi connectivity index (χ2n) is 5.98. The van der Waals surface area contributed by atoms with E-state index in [1.807, 2.05) is 36.4 Å². The molecule has 1 amide bonds. The van der Waals surface area contributed by atoms with Crippen molar-refractivity contribution in [2.24, 2.45) is 0 Å². The van der Waals surface area contributed by atoms with Gasteiger partial charge in [0.2, 0.25) is 0 Å². The number of nitrogens with zero attached hydrogens (tertiary/aromatic N) is 1. The maximum atomic E-state index is 12.2. The van der Waals surface area contributed by atoms with Gasteiger partial charge in [-0.05, 0) is 12.0 Å². The van der Waals surface area contributed by atoms with Crippen molar-refractivity contribution in [2.75, 3.05) is 25.5 Å². The number of ether oxygens (including phenoxy) is 1. The number of aliphatic hydroxyl groups excluding tert-OH is 1. The first-order valence-corrected chi connectivity index (χ1v) is 9.64. The third kappa shape index (κ3) is 7.87. The van der Waals surface area contributed by atoms with Gasteiger partial charge in [-0.15, -0.1) is 0 Å².